The molecule has 3 amide bonds. The molecule has 16 heavy (non-hydrogen) atoms. The number of carbonyl (C=O) groups is 2. The van der Waals surface area contributed by atoms with Gasteiger partial charge >= 0.3 is 6.03 Å². The first-order valence-corrected chi connectivity index (χ1v) is 4.96. The molecule has 0 aliphatic rings. The average Bonchev–Trinajstić information content (AvgIpc) is 2.26. The highest BCUT2D eigenvalue weighted by Gasteiger charge is 2.06. The van der Waals surface area contributed by atoms with E-state index in [9.17, 15) is 9.59 Å². The van der Waals surface area contributed by atoms with E-state index in [1.807, 2.05) is 17.6 Å². The largest absolute Gasteiger partial charge is 0.350 e. The van der Waals surface area contributed by atoms with Gasteiger partial charge in [0.25, 0.3) is 5.91 Å². The third kappa shape index (κ3) is 3.27. The maximum atomic E-state index is 11.4. The minimum atomic E-state index is -0.799. The van der Waals surface area contributed by atoms with Crippen LogP contribution in [-0.4, -0.2) is 11.9 Å². The molecule has 0 spiro atoms. The first-order chi connectivity index (χ1) is 7.50. The number of nitrogens with one attached hydrogen (secondary N) is 2. The second-order valence-electron chi connectivity index (χ2n) is 3.72. The maximum absolute atomic E-state index is 11.4. The maximum Gasteiger partial charge on any atom is 0.330 e. The fourth-order valence-corrected chi connectivity index (χ4v) is 1.21. The van der Waals surface area contributed by atoms with Crippen molar-refractivity contribution in [1.82, 2.24) is 10.9 Å². The van der Waals surface area contributed by atoms with Crippen molar-refractivity contribution in [3.63, 3.8) is 0 Å². The zero-order chi connectivity index (χ0) is 12.1. The molecule has 4 N–H and O–H groups in total. The number of benzene rings is 1. The van der Waals surface area contributed by atoms with Gasteiger partial charge in [0.1, 0.15) is 0 Å². The quantitative estimate of drug-likeness (QED) is 0.654. The van der Waals surface area contributed by atoms with Gasteiger partial charge in [-0.15, -0.1) is 0 Å². The number of rotatable bonds is 2. The summed E-state index contributed by atoms with van der Waals surface area (Å²) in [6.07, 6.45) is 0. The molecular weight excluding hydrogens is 206 g/mol. The van der Waals surface area contributed by atoms with Crippen LogP contribution in [0.15, 0.2) is 24.3 Å². The van der Waals surface area contributed by atoms with E-state index in [2.05, 4.69) is 19.3 Å². The number of urea groups is 1. The average molecular weight is 221 g/mol. The second kappa shape index (κ2) is 5.16. The monoisotopic (exact) mass is 221 g/mol. The Morgan fingerprint density at radius 2 is 1.69 bits per heavy atom. The van der Waals surface area contributed by atoms with E-state index >= 15 is 0 Å². The molecule has 0 aliphatic heterocycles. The Bertz CT molecular complexity index is 385. The molecule has 0 unspecified atom stereocenters. The molecule has 0 heterocycles. The molecule has 1 aromatic rings. The van der Waals surface area contributed by atoms with Gasteiger partial charge in [-0.05, 0) is 23.6 Å². The van der Waals surface area contributed by atoms with Crippen LogP contribution in [0.1, 0.15) is 35.7 Å². The van der Waals surface area contributed by atoms with E-state index in [0.29, 0.717) is 11.5 Å². The zero-order valence-electron chi connectivity index (χ0n) is 9.28. The van der Waals surface area contributed by atoms with Gasteiger partial charge < -0.3 is 5.73 Å². The Hall–Kier alpha value is -2.04. The number of hydrazine groups is 1. The van der Waals surface area contributed by atoms with Crippen LogP contribution in [0.3, 0.4) is 0 Å². The third-order valence-corrected chi connectivity index (χ3v) is 2.14. The van der Waals surface area contributed by atoms with Gasteiger partial charge in [-0.2, -0.15) is 0 Å². The van der Waals surface area contributed by atoms with Crippen LogP contribution >= 0.6 is 0 Å². The highest BCUT2D eigenvalue weighted by molar-refractivity contribution is 5.95. The van der Waals surface area contributed by atoms with Crippen molar-refractivity contribution in [1.29, 1.82) is 0 Å². The minimum absolute atomic E-state index is 0.394. The predicted octanol–water partition coefficient (Wildman–Crippen LogP) is 1.12. The molecule has 0 aliphatic carbocycles. The lowest BCUT2D eigenvalue weighted by molar-refractivity contribution is 0.0937. The van der Waals surface area contributed by atoms with Gasteiger partial charge in [0.05, 0.1) is 0 Å². The lowest BCUT2D eigenvalue weighted by Crippen LogP contribution is -2.44. The summed E-state index contributed by atoms with van der Waals surface area (Å²) in [7, 11) is 0. The minimum Gasteiger partial charge on any atom is -0.350 e. The SMILES string of the molecule is CC(C)c1ccc(C(=O)NNC(N)=O)cc1. The number of amides is 3. The van der Waals surface area contributed by atoms with Crippen molar-refractivity contribution < 1.29 is 9.59 Å². The van der Waals surface area contributed by atoms with Crippen LogP contribution < -0.4 is 16.6 Å². The van der Waals surface area contributed by atoms with E-state index in [-0.39, 0.29) is 0 Å². The molecule has 0 fully saturated rings. The van der Waals surface area contributed by atoms with Gasteiger partial charge in [-0.1, -0.05) is 26.0 Å². The lowest BCUT2D eigenvalue weighted by atomic mass is 10.0. The summed E-state index contributed by atoms with van der Waals surface area (Å²) in [6, 6.07) is 6.36. The molecular formula is C11H15N3O2. The van der Waals surface area contributed by atoms with Gasteiger partial charge in [0.15, 0.2) is 0 Å². The fraction of sp³-hybridized carbons (Fsp3) is 0.273. The fourth-order valence-electron chi connectivity index (χ4n) is 1.21. The van der Waals surface area contributed by atoms with Crippen molar-refractivity contribution in [3.05, 3.63) is 35.4 Å². The van der Waals surface area contributed by atoms with Crippen LogP contribution in [0.2, 0.25) is 0 Å². The van der Waals surface area contributed by atoms with Gasteiger partial charge in [-0.3, -0.25) is 10.2 Å². The van der Waals surface area contributed by atoms with E-state index in [0.717, 1.165) is 5.56 Å². The van der Waals surface area contributed by atoms with E-state index in [4.69, 9.17) is 5.73 Å². The molecule has 0 saturated heterocycles. The van der Waals surface area contributed by atoms with Crippen molar-refractivity contribution >= 4 is 11.9 Å². The van der Waals surface area contributed by atoms with Crippen LogP contribution in [0.4, 0.5) is 4.79 Å². The molecule has 0 atom stereocenters. The molecule has 0 aromatic heterocycles. The third-order valence-electron chi connectivity index (χ3n) is 2.14. The molecule has 0 bridgehead atoms. The van der Waals surface area contributed by atoms with Crippen LogP contribution in [0.5, 0.6) is 0 Å². The topological polar surface area (TPSA) is 84.2 Å². The number of carbonyl (C=O) groups excluding carboxylic acids is 2. The molecule has 5 heteroatoms. The smallest absolute Gasteiger partial charge is 0.330 e. The molecule has 5 nitrogen and oxygen atoms in total. The van der Waals surface area contributed by atoms with E-state index < -0.39 is 11.9 Å². The van der Waals surface area contributed by atoms with Crippen LogP contribution in [-0.2, 0) is 0 Å². The van der Waals surface area contributed by atoms with Gasteiger partial charge in [-0.25, -0.2) is 10.2 Å². The lowest BCUT2D eigenvalue weighted by Gasteiger charge is -2.07. The van der Waals surface area contributed by atoms with Crippen molar-refractivity contribution in [3.8, 4) is 0 Å². The predicted molar refractivity (Wildman–Crippen MR) is 60.7 cm³/mol. The van der Waals surface area contributed by atoms with Crippen molar-refractivity contribution in [2.24, 2.45) is 5.73 Å². The zero-order valence-corrected chi connectivity index (χ0v) is 9.28. The Morgan fingerprint density at radius 1 is 1.12 bits per heavy atom. The molecule has 86 valence electrons. The van der Waals surface area contributed by atoms with Crippen molar-refractivity contribution in [2.75, 3.05) is 0 Å². The second-order valence-corrected chi connectivity index (χ2v) is 3.72. The number of hydrogen-bond donors (Lipinski definition) is 3. The summed E-state index contributed by atoms with van der Waals surface area (Å²) in [5, 5.41) is 0. The standard InChI is InChI=1S/C11H15N3O2/c1-7(2)8-3-5-9(6-4-8)10(15)13-14-11(12)16/h3-7H,1-2H3,(H,13,15)(H3,12,14,16). The molecule has 1 aromatic carbocycles. The Kier molecular flexibility index (Phi) is 3.88. The summed E-state index contributed by atoms with van der Waals surface area (Å²) in [5.74, 6) is 0.0231. The summed E-state index contributed by atoms with van der Waals surface area (Å²) in [6.45, 7) is 4.15. The first kappa shape index (κ1) is 12.0. The molecule has 1 rings (SSSR count). The summed E-state index contributed by atoms with van der Waals surface area (Å²) >= 11 is 0. The number of hydrogen-bond acceptors (Lipinski definition) is 2. The van der Waals surface area contributed by atoms with E-state index in [1.165, 1.54) is 0 Å². The Morgan fingerprint density at radius 3 is 2.12 bits per heavy atom. The van der Waals surface area contributed by atoms with E-state index in [1.54, 1.807) is 12.1 Å². The number of nitrogens with two attached hydrogens (primary N) is 1. The highest BCUT2D eigenvalue weighted by Crippen LogP contribution is 2.14. The number of primary amides is 1. The summed E-state index contributed by atoms with van der Waals surface area (Å²) < 4.78 is 0. The van der Waals surface area contributed by atoms with Gasteiger partial charge in [0, 0.05) is 5.56 Å². The van der Waals surface area contributed by atoms with Crippen molar-refractivity contribution in [2.45, 2.75) is 19.8 Å². The van der Waals surface area contributed by atoms with Crippen LogP contribution in [0, 0.1) is 0 Å². The van der Waals surface area contributed by atoms with Crippen LogP contribution in [0.25, 0.3) is 0 Å². The summed E-state index contributed by atoms with van der Waals surface area (Å²) in [4.78, 5) is 21.8. The highest BCUT2D eigenvalue weighted by atomic mass is 16.2. The molecule has 0 radical (unpaired) electrons. The molecule has 0 saturated carbocycles. The Labute approximate surface area is 94.0 Å². The first-order valence-electron chi connectivity index (χ1n) is 4.96. The van der Waals surface area contributed by atoms with Gasteiger partial charge in [0.2, 0.25) is 0 Å². The Balaban J connectivity index is 2.66. The normalized spacial score (nSPS) is 9.94. The summed E-state index contributed by atoms with van der Waals surface area (Å²) in [5.41, 5.74) is 10.6.